The Morgan fingerprint density at radius 3 is 2.37 bits per heavy atom. The minimum atomic E-state index is -0.185. The van der Waals surface area contributed by atoms with E-state index in [0.717, 1.165) is 45.9 Å². The first kappa shape index (κ1) is 18.4. The fourth-order valence-electron chi connectivity index (χ4n) is 4.45. The highest BCUT2D eigenvalue weighted by Crippen LogP contribution is 2.44. The van der Waals surface area contributed by atoms with E-state index in [4.69, 9.17) is 4.74 Å². The summed E-state index contributed by atoms with van der Waals surface area (Å²) in [5.41, 5.74) is 6.06. The Balaban J connectivity index is 1.57. The van der Waals surface area contributed by atoms with Gasteiger partial charge in [-0.2, -0.15) is 0 Å². The minimum Gasteiger partial charge on any atom is -0.497 e. The lowest BCUT2D eigenvalue weighted by Gasteiger charge is -2.29. The van der Waals surface area contributed by atoms with Crippen molar-refractivity contribution in [2.24, 2.45) is 0 Å². The van der Waals surface area contributed by atoms with Crippen LogP contribution in [0.25, 0.3) is 0 Å². The number of fused-ring (bicyclic) bond motifs is 1. The molecule has 1 aliphatic heterocycles. The Labute approximate surface area is 175 Å². The molecule has 3 aromatic rings. The van der Waals surface area contributed by atoms with Gasteiger partial charge >= 0.3 is 0 Å². The van der Waals surface area contributed by atoms with Crippen molar-refractivity contribution in [3.63, 3.8) is 0 Å². The second-order valence-electron chi connectivity index (χ2n) is 7.78. The minimum absolute atomic E-state index is 0.143. The fourth-order valence-corrected chi connectivity index (χ4v) is 4.45. The van der Waals surface area contributed by atoms with Gasteiger partial charge in [0, 0.05) is 29.8 Å². The number of allylic oxidation sites excluding steroid dienone is 1. The Kier molecular flexibility index (Phi) is 4.71. The topological polar surface area (TPSA) is 64.5 Å². The molecule has 1 aromatic heterocycles. The summed E-state index contributed by atoms with van der Waals surface area (Å²) in [7, 11) is 1.66. The van der Waals surface area contributed by atoms with Crippen molar-refractivity contribution in [2.75, 3.05) is 17.7 Å². The van der Waals surface area contributed by atoms with Crippen LogP contribution in [0.1, 0.15) is 35.9 Å². The van der Waals surface area contributed by atoms with Crippen LogP contribution >= 0.6 is 0 Å². The van der Waals surface area contributed by atoms with Crippen LogP contribution in [0.4, 0.5) is 11.4 Å². The second kappa shape index (κ2) is 7.67. The molecule has 0 saturated heterocycles. The number of Topliss-reactive ketones (excluding diaryl/α,β-unsaturated/α-hetero) is 1. The van der Waals surface area contributed by atoms with Gasteiger partial charge in [0.15, 0.2) is 18.2 Å². The summed E-state index contributed by atoms with van der Waals surface area (Å²) in [6.07, 6.45) is 5.09. The molecular formula is C25H24N3O2+. The maximum absolute atomic E-state index is 13.5. The van der Waals surface area contributed by atoms with E-state index in [2.05, 4.69) is 33.8 Å². The molecule has 5 rings (SSSR count). The lowest BCUT2D eigenvalue weighted by Crippen LogP contribution is -2.27. The van der Waals surface area contributed by atoms with Crippen molar-refractivity contribution >= 4 is 17.2 Å². The molecule has 1 aliphatic carbocycles. The van der Waals surface area contributed by atoms with Gasteiger partial charge in [0.2, 0.25) is 0 Å². The first-order chi connectivity index (χ1) is 14.7. The number of rotatable bonds is 3. The first-order valence-corrected chi connectivity index (χ1v) is 10.2. The Bertz CT molecular complexity index is 1110. The van der Waals surface area contributed by atoms with Crippen LogP contribution in [-0.4, -0.2) is 12.9 Å². The summed E-state index contributed by atoms with van der Waals surface area (Å²) >= 11 is 0. The van der Waals surface area contributed by atoms with Gasteiger partial charge in [-0.15, -0.1) is 0 Å². The molecule has 150 valence electrons. The molecule has 0 spiro atoms. The number of nitrogens with one attached hydrogen (secondary N) is 3. The molecule has 0 saturated carbocycles. The normalized spacial score (nSPS) is 20.4. The molecule has 3 N–H and O–H groups in total. The molecule has 0 bridgehead atoms. The van der Waals surface area contributed by atoms with E-state index in [0.29, 0.717) is 6.42 Å². The van der Waals surface area contributed by atoms with Crippen LogP contribution in [0.15, 0.2) is 84.3 Å². The highest BCUT2D eigenvalue weighted by atomic mass is 16.5. The largest absolute Gasteiger partial charge is 0.497 e. The van der Waals surface area contributed by atoms with Gasteiger partial charge in [-0.25, -0.2) is 4.98 Å². The summed E-state index contributed by atoms with van der Waals surface area (Å²) in [5, 5.41) is 7.18. The van der Waals surface area contributed by atoms with Crippen molar-refractivity contribution in [1.82, 2.24) is 0 Å². The first-order valence-electron chi connectivity index (χ1n) is 10.2. The maximum atomic E-state index is 13.5. The van der Waals surface area contributed by atoms with Gasteiger partial charge in [-0.1, -0.05) is 24.3 Å². The molecule has 2 aliphatic rings. The molecule has 5 nitrogen and oxygen atoms in total. The standard InChI is InChI=1S/C25H23N3O2/c1-30-19-8-6-16(7-9-19)18-14-22-24(23(29)15-18)25(17-10-12-26-13-11-17)28-21-5-3-2-4-20(21)27-22/h2-13,18,25,27-28H,14-15H2,1H3/p+1. The van der Waals surface area contributed by atoms with E-state index in [-0.39, 0.29) is 17.7 Å². The number of pyridine rings is 1. The predicted octanol–water partition coefficient (Wildman–Crippen LogP) is 4.49. The zero-order valence-corrected chi connectivity index (χ0v) is 16.8. The molecule has 0 radical (unpaired) electrons. The van der Waals surface area contributed by atoms with Crippen molar-refractivity contribution in [3.05, 3.63) is 95.5 Å². The lowest BCUT2D eigenvalue weighted by molar-refractivity contribution is -0.378. The highest BCUT2D eigenvalue weighted by Gasteiger charge is 2.36. The van der Waals surface area contributed by atoms with Crippen LogP contribution in [0.5, 0.6) is 5.75 Å². The zero-order valence-electron chi connectivity index (χ0n) is 16.8. The smallest absolute Gasteiger partial charge is 0.167 e. The van der Waals surface area contributed by atoms with Crippen molar-refractivity contribution in [3.8, 4) is 5.75 Å². The van der Waals surface area contributed by atoms with Crippen molar-refractivity contribution < 1.29 is 14.5 Å². The van der Waals surface area contributed by atoms with E-state index >= 15 is 0 Å². The third-order valence-corrected chi connectivity index (χ3v) is 5.97. The molecule has 2 unspecified atom stereocenters. The number of benzene rings is 2. The molecule has 2 heterocycles. The van der Waals surface area contributed by atoms with E-state index in [1.54, 1.807) is 7.11 Å². The number of aromatic amines is 1. The van der Waals surface area contributed by atoms with Crippen LogP contribution in [0.3, 0.4) is 0 Å². The molecular weight excluding hydrogens is 374 g/mol. The molecule has 0 fully saturated rings. The van der Waals surface area contributed by atoms with Gasteiger partial charge in [0.05, 0.1) is 24.5 Å². The van der Waals surface area contributed by atoms with Crippen LogP contribution < -0.4 is 20.4 Å². The third-order valence-electron chi connectivity index (χ3n) is 5.97. The number of carbonyl (C=O) groups is 1. The summed E-state index contributed by atoms with van der Waals surface area (Å²) in [5.74, 6) is 1.15. The van der Waals surface area contributed by atoms with Crippen LogP contribution in [0.2, 0.25) is 0 Å². The molecule has 30 heavy (non-hydrogen) atoms. The average molecular weight is 398 g/mol. The van der Waals surface area contributed by atoms with E-state index in [9.17, 15) is 4.79 Å². The number of hydrogen-bond acceptors (Lipinski definition) is 4. The summed E-state index contributed by atoms with van der Waals surface area (Å²) in [6.45, 7) is 0. The Morgan fingerprint density at radius 2 is 1.63 bits per heavy atom. The van der Waals surface area contributed by atoms with Crippen LogP contribution in [-0.2, 0) is 4.79 Å². The number of aromatic nitrogens is 1. The second-order valence-corrected chi connectivity index (χ2v) is 7.78. The lowest BCUT2D eigenvalue weighted by atomic mass is 9.78. The number of hydrogen-bond donors (Lipinski definition) is 2. The number of H-pyrrole nitrogens is 1. The Hall–Kier alpha value is -3.60. The van der Waals surface area contributed by atoms with Crippen molar-refractivity contribution in [1.29, 1.82) is 0 Å². The third kappa shape index (κ3) is 3.32. The SMILES string of the molecule is COc1ccc(C2CC(=O)C3=C(C2)Nc2ccccc2NC3c2cc[nH+]cc2)cc1. The average Bonchev–Trinajstić information content (AvgIpc) is 2.96. The highest BCUT2D eigenvalue weighted by molar-refractivity contribution is 6.01. The number of methoxy groups -OCH3 is 1. The van der Waals surface area contributed by atoms with Crippen molar-refractivity contribution in [2.45, 2.75) is 24.8 Å². The maximum Gasteiger partial charge on any atom is 0.167 e. The Morgan fingerprint density at radius 1 is 0.900 bits per heavy atom. The summed E-state index contributed by atoms with van der Waals surface area (Å²) in [6, 6.07) is 20.0. The van der Waals surface area contributed by atoms with Gasteiger partial charge in [-0.05, 0) is 47.7 Å². The van der Waals surface area contributed by atoms with Crippen LogP contribution in [0, 0.1) is 0 Å². The van der Waals surface area contributed by atoms with Gasteiger partial charge in [0.25, 0.3) is 0 Å². The van der Waals surface area contributed by atoms with E-state index < -0.39 is 0 Å². The van der Waals surface area contributed by atoms with E-state index in [1.807, 2.05) is 54.9 Å². The summed E-state index contributed by atoms with van der Waals surface area (Å²) in [4.78, 5) is 16.5. The van der Waals surface area contributed by atoms with Gasteiger partial charge in [0.1, 0.15) is 5.75 Å². The number of carbonyl (C=O) groups excluding carboxylic acids is 1. The summed E-state index contributed by atoms with van der Waals surface area (Å²) < 4.78 is 5.28. The number of ether oxygens (including phenoxy) is 1. The number of anilines is 2. The van der Waals surface area contributed by atoms with Gasteiger partial charge < -0.3 is 15.4 Å². The number of para-hydroxylation sites is 2. The quantitative estimate of drug-likeness (QED) is 0.682. The monoisotopic (exact) mass is 398 g/mol. The molecule has 2 atom stereocenters. The van der Waals surface area contributed by atoms with E-state index in [1.165, 1.54) is 0 Å². The number of ketones is 1. The molecule has 0 amide bonds. The zero-order chi connectivity index (χ0) is 20.5. The van der Waals surface area contributed by atoms with Gasteiger partial charge in [-0.3, -0.25) is 4.79 Å². The predicted molar refractivity (Wildman–Crippen MR) is 116 cm³/mol. The fraction of sp³-hybridized carbons (Fsp3) is 0.200. The molecule has 5 heteroatoms. The molecule has 2 aromatic carbocycles.